The molecule has 0 saturated carbocycles. The van der Waals surface area contributed by atoms with Crippen LogP contribution in [-0.2, 0) is 0 Å². The predicted molar refractivity (Wildman–Crippen MR) is 51.7 cm³/mol. The lowest BCUT2D eigenvalue weighted by atomic mass is 10.2. The van der Waals surface area contributed by atoms with Crippen molar-refractivity contribution in [3.8, 4) is 11.3 Å². The molecule has 0 unspecified atom stereocenters. The van der Waals surface area contributed by atoms with Crippen LogP contribution in [0.3, 0.4) is 0 Å². The van der Waals surface area contributed by atoms with Crippen molar-refractivity contribution in [1.82, 2.24) is 10.1 Å². The lowest BCUT2D eigenvalue weighted by Gasteiger charge is -1.96. The smallest absolute Gasteiger partial charge is 0.374 e. The molecule has 2 aromatic heterocycles. The van der Waals surface area contributed by atoms with Crippen LogP contribution < -0.4 is 0 Å². The van der Waals surface area contributed by atoms with E-state index in [2.05, 4.69) is 14.7 Å². The van der Waals surface area contributed by atoms with E-state index < -0.39 is 11.9 Å². The molecular formula is C9H4ClFN2O3. The highest BCUT2D eigenvalue weighted by Gasteiger charge is 2.16. The van der Waals surface area contributed by atoms with E-state index in [0.29, 0.717) is 0 Å². The van der Waals surface area contributed by atoms with Gasteiger partial charge in [-0.25, -0.2) is 9.78 Å². The summed E-state index contributed by atoms with van der Waals surface area (Å²) in [7, 11) is 0. The molecule has 0 radical (unpaired) electrons. The summed E-state index contributed by atoms with van der Waals surface area (Å²) in [6.07, 6.45) is 1.14. The van der Waals surface area contributed by atoms with Crippen molar-refractivity contribution < 1.29 is 18.8 Å². The van der Waals surface area contributed by atoms with Crippen LogP contribution in [-0.4, -0.2) is 21.2 Å². The first-order chi connectivity index (χ1) is 7.58. The fourth-order valence-electron chi connectivity index (χ4n) is 1.11. The number of hydrogen-bond acceptors (Lipinski definition) is 4. The molecule has 0 spiro atoms. The number of nitrogens with zero attached hydrogens (tertiary/aromatic N) is 2. The fourth-order valence-corrected chi connectivity index (χ4v) is 1.26. The second-order valence-electron chi connectivity index (χ2n) is 2.87. The minimum absolute atomic E-state index is 0.0104. The summed E-state index contributed by atoms with van der Waals surface area (Å²) in [6, 6.07) is 2.38. The number of halogens is 2. The summed E-state index contributed by atoms with van der Waals surface area (Å²) in [5.41, 5.74) is 0.0219. The third-order valence-electron chi connectivity index (χ3n) is 1.80. The molecule has 7 heteroatoms. The van der Waals surface area contributed by atoms with Gasteiger partial charge in [-0.05, 0) is 6.07 Å². The van der Waals surface area contributed by atoms with E-state index >= 15 is 0 Å². The number of pyridine rings is 1. The van der Waals surface area contributed by atoms with E-state index in [9.17, 15) is 9.18 Å². The Kier molecular flexibility index (Phi) is 2.57. The van der Waals surface area contributed by atoms with Crippen LogP contribution in [0.15, 0.2) is 22.9 Å². The number of hydrogen-bond donors (Lipinski definition) is 1. The Morgan fingerprint density at radius 2 is 2.25 bits per heavy atom. The minimum Gasteiger partial charge on any atom is -0.475 e. The number of aromatic carboxylic acids is 1. The van der Waals surface area contributed by atoms with Crippen LogP contribution in [0.25, 0.3) is 11.3 Å². The second-order valence-corrected chi connectivity index (χ2v) is 3.31. The van der Waals surface area contributed by atoms with Crippen LogP contribution in [0.2, 0.25) is 5.02 Å². The number of rotatable bonds is 2. The average Bonchev–Trinajstić information content (AvgIpc) is 2.70. The second kappa shape index (κ2) is 3.90. The fraction of sp³-hybridized carbons (Fsp3) is 0. The van der Waals surface area contributed by atoms with Crippen molar-refractivity contribution in [2.24, 2.45) is 0 Å². The van der Waals surface area contributed by atoms with Gasteiger partial charge in [0.15, 0.2) is 0 Å². The topological polar surface area (TPSA) is 76.2 Å². The molecule has 2 heterocycles. The van der Waals surface area contributed by atoms with E-state index in [-0.39, 0.29) is 22.0 Å². The van der Waals surface area contributed by atoms with Crippen molar-refractivity contribution in [3.63, 3.8) is 0 Å². The normalized spacial score (nSPS) is 10.4. The molecule has 0 aromatic carbocycles. The quantitative estimate of drug-likeness (QED) is 0.817. The summed E-state index contributed by atoms with van der Waals surface area (Å²) in [4.78, 5) is 13.9. The average molecular weight is 243 g/mol. The zero-order chi connectivity index (χ0) is 11.7. The highest BCUT2D eigenvalue weighted by Crippen LogP contribution is 2.24. The van der Waals surface area contributed by atoms with Gasteiger partial charge >= 0.3 is 5.97 Å². The molecule has 2 rings (SSSR count). The van der Waals surface area contributed by atoms with Gasteiger partial charge in [-0.1, -0.05) is 16.8 Å². The molecular weight excluding hydrogens is 239 g/mol. The molecule has 0 aliphatic rings. The Bertz CT molecular complexity index is 555. The predicted octanol–water partition coefficient (Wildman–Crippen LogP) is 2.23. The van der Waals surface area contributed by atoms with Gasteiger partial charge in [0.05, 0.1) is 10.6 Å². The number of aromatic nitrogens is 2. The maximum atomic E-state index is 13.3. The first-order valence-electron chi connectivity index (χ1n) is 4.09. The molecule has 82 valence electrons. The molecule has 0 fully saturated rings. The van der Waals surface area contributed by atoms with Crippen molar-refractivity contribution in [3.05, 3.63) is 35.1 Å². The van der Waals surface area contributed by atoms with Gasteiger partial charge in [0.2, 0.25) is 11.7 Å². The van der Waals surface area contributed by atoms with Crippen LogP contribution in [0.1, 0.15) is 10.6 Å². The molecule has 2 aromatic rings. The monoisotopic (exact) mass is 242 g/mol. The number of carboxylic acid groups (broad SMARTS) is 1. The lowest BCUT2D eigenvalue weighted by Crippen LogP contribution is -1.92. The number of carbonyl (C=O) groups is 1. The van der Waals surface area contributed by atoms with E-state index in [1.165, 1.54) is 6.07 Å². The Labute approximate surface area is 93.5 Å². The van der Waals surface area contributed by atoms with Gasteiger partial charge in [0, 0.05) is 12.3 Å². The Morgan fingerprint density at radius 1 is 1.50 bits per heavy atom. The van der Waals surface area contributed by atoms with Crippen molar-refractivity contribution >= 4 is 17.6 Å². The van der Waals surface area contributed by atoms with Gasteiger partial charge in [-0.2, -0.15) is 4.39 Å². The van der Waals surface area contributed by atoms with Crippen LogP contribution in [0.4, 0.5) is 4.39 Å². The van der Waals surface area contributed by atoms with Gasteiger partial charge in [-0.3, -0.25) is 0 Å². The standard InChI is InChI=1S/C9H4ClFN2O3/c10-4-1-5(8(11)12-3-4)6-2-7(9(14)15)16-13-6/h1-3H,(H,14,15). The zero-order valence-corrected chi connectivity index (χ0v) is 8.40. The van der Waals surface area contributed by atoms with E-state index in [0.717, 1.165) is 12.3 Å². The van der Waals surface area contributed by atoms with E-state index in [1.54, 1.807) is 0 Å². The third-order valence-corrected chi connectivity index (χ3v) is 2.01. The molecule has 1 N–H and O–H groups in total. The van der Waals surface area contributed by atoms with Gasteiger partial charge < -0.3 is 9.63 Å². The maximum absolute atomic E-state index is 13.3. The first kappa shape index (κ1) is 10.6. The van der Waals surface area contributed by atoms with Crippen LogP contribution in [0, 0.1) is 5.95 Å². The van der Waals surface area contributed by atoms with Crippen LogP contribution in [0.5, 0.6) is 0 Å². The van der Waals surface area contributed by atoms with E-state index in [4.69, 9.17) is 16.7 Å². The molecule has 0 atom stereocenters. The van der Waals surface area contributed by atoms with Crippen molar-refractivity contribution in [1.29, 1.82) is 0 Å². The summed E-state index contributed by atoms with van der Waals surface area (Å²) in [5, 5.41) is 12.2. The highest BCUT2D eigenvalue weighted by molar-refractivity contribution is 6.30. The Hall–Kier alpha value is -1.95. The summed E-state index contributed by atoms with van der Waals surface area (Å²) >= 11 is 5.63. The minimum atomic E-state index is -1.28. The highest BCUT2D eigenvalue weighted by atomic mass is 35.5. The molecule has 0 aliphatic carbocycles. The van der Waals surface area contributed by atoms with Gasteiger partial charge in [0.1, 0.15) is 5.69 Å². The molecule has 16 heavy (non-hydrogen) atoms. The zero-order valence-electron chi connectivity index (χ0n) is 7.65. The summed E-state index contributed by atoms with van der Waals surface area (Å²) in [5.74, 6) is -2.46. The van der Waals surface area contributed by atoms with Gasteiger partial charge in [-0.15, -0.1) is 0 Å². The lowest BCUT2D eigenvalue weighted by molar-refractivity contribution is 0.0652. The van der Waals surface area contributed by atoms with E-state index in [1.807, 2.05) is 0 Å². The molecule has 0 saturated heterocycles. The number of carboxylic acids is 1. The largest absolute Gasteiger partial charge is 0.475 e. The molecule has 0 bridgehead atoms. The van der Waals surface area contributed by atoms with Crippen molar-refractivity contribution in [2.45, 2.75) is 0 Å². The first-order valence-corrected chi connectivity index (χ1v) is 4.47. The molecule has 5 nitrogen and oxygen atoms in total. The third kappa shape index (κ3) is 1.87. The molecule has 0 aliphatic heterocycles. The molecule has 0 amide bonds. The summed E-state index contributed by atoms with van der Waals surface area (Å²) < 4.78 is 17.8. The van der Waals surface area contributed by atoms with Crippen molar-refractivity contribution in [2.75, 3.05) is 0 Å². The maximum Gasteiger partial charge on any atom is 0.374 e. The Morgan fingerprint density at radius 3 is 2.88 bits per heavy atom. The van der Waals surface area contributed by atoms with Gasteiger partial charge in [0.25, 0.3) is 0 Å². The van der Waals surface area contributed by atoms with Crippen LogP contribution >= 0.6 is 11.6 Å². The Balaban J connectivity index is 2.50. The SMILES string of the molecule is O=C(O)c1cc(-c2cc(Cl)cnc2F)no1. The summed E-state index contributed by atoms with van der Waals surface area (Å²) in [6.45, 7) is 0.